The number of allylic oxidation sites excluding steroid dienone is 1. The topological polar surface area (TPSA) is 105 Å². The van der Waals surface area contributed by atoms with E-state index in [1.807, 2.05) is 23.6 Å². The number of amides is 5. The molecule has 1 aliphatic carbocycles. The van der Waals surface area contributed by atoms with Gasteiger partial charge in [0.1, 0.15) is 6.54 Å². The standard InChI is InChI=1S/C32H56N4O5/c1-7-33-20-27(24-16-17-24)35(29(33)40)22-31(3,4)18-10-14-25(37)12-9-13-26(38)15-11-19-32(5,6)23-36-28(39)21-34(8-2)30(36)41/h25-26,37-38H,7-23H2,1-6H3. The minimum Gasteiger partial charge on any atom is -0.393 e. The maximum Gasteiger partial charge on any atom is 0.327 e. The molecule has 3 aliphatic rings. The van der Waals surface area contributed by atoms with Crippen molar-refractivity contribution in [1.82, 2.24) is 19.6 Å². The summed E-state index contributed by atoms with van der Waals surface area (Å²) in [6, 6.07) is -0.0599. The fraction of sp³-hybridized carbons (Fsp3) is 0.844. The lowest BCUT2D eigenvalue weighted by molar-refractivity contribution is -0.126. The van der Waals surface area contributed by atoms with Gasteiger partial charge in [0.25, 0.3) is 0 Å². The van der Waals surface area contributed by atoms with Gasteiger partial charge in [-0.1, -0.05) is 40.5 Å². The van der Waals surface area contributed by atoms with Crippen LogP contribution >= 0.6 is 0 Å². The van der Waals surface area contributed by atoms with Gasteiger partial charge in [-0.05, 0) is 88.0 Å². The molecule has 0 radical (unpaired) electrons. The number of hydrogen-bond acceptors (Lipinski definition) is 5. The smallest absolute Gasteiger partial charge is 0.327 e. The number of carbonyl (C=O) groups is 3. The first-order valence-electron chi connectivity index (χ1n) is 16.0. The average Bonchev–Trinajstić information content (AvgIpc) is 3.64. The highest BCUT2D eigenvalue weighted by atomic mass is 16.3. The molecule has 2 N–H and O–H groups in total. The third-order valence-corrected chi connectivity index (χ3v) is 9.00. The first-order valence-corrected chi connectivity index (χ1v) is 16.0. The zero-order valence-electron chi connectivity index (χ0n) is 26.6. The summed E-state index contributed by atoms with van der Waals surface area (Å²) in [5.41, 5.74) is 2.44. The Hall–Kier alpha value is -2.13. The number of hydrogen-bond donors (Lipinski definition) is 2. The highest BCUT2D eigenvalue weighted by Crippen LogP contribution is 2.38. The molecule has 5 amide bonds. The van der Waals surface area contributed by atoms with E-state index in [2.05, 4.69) is 27.7 Å². The maximum absolute atomic E-state index is 12.9. The van der Waals surface area contributed by atoms with Gasteiger partial charge in [-0.2, -0.15) is 0 Å². The summed E-state index contributed by atoms with van der Waals surface area (Å²) in [5, 5.41) is 21.0. The van der Waals surface area contributed by atoms with Gasteiger partial charge in [-0.15, -0.1) is 0 Å². The van der Waals surface area contributed by atoms with Crippen molar-refractivity contribution in [2.24, 2.45) is 10.8 Å². The van der Waals surface area contributed by atoms with E-state index in [0.29, 0.717) is 32.4 Å². The molecule has 0 aromatic heterocycles. The van der Waals surface area contributed by atoms with Crippen LogP contribution in [0.3, 0.4) is 0 Å². The molecule has 0 aromatic carbocycles. The largest absolute Gasteiger partial charge is 0.393 e. The van der Waals surface area contributed by atoms with E-state index in [9.17, 15) is 24.6 Å². The zero-order chi connectivity index (χ0) is 30.4. The predicted molar refractivity (Wildman–Crippen MR) is 161 cm³/mol. The first-order chi connectivity index (χ1) is 19.3. The minimum atomic E-state index is -0.405. The van der Waals surface area contributed by atoms with Crippen molar-refractivity contribution < 1.29 is 24.6 Å². The monoisotopic (exact) mass is 576 g/mol. The molecule has 2 atom stereocenters. The van der Waals surface area contributed by atoms with Crippen molar-refractivity contribution in [3.63, 3.8) is 0 Å². The second-order valence-electron chi connectivity index (χ2n) is 14.1. The van der Waals surface area contributed by atoms with Crippen molar-refractivity contribution >= 4 is 18.0 Å². The van der Waals surface area contributed by atoms with Gasteiger partial charge in [0.05, 0.1) is 18.8 Å². The number of rotatable bonds is 18. The Labute approximate surface area is 247 Å². The van der Waals surface area contributed by atoms with Crippen LogP contribution in [0.1, 0.15) is 112 Å². The second kappa shape index (κ2) is 14.4. The van der Waals surface area contributed by atoms with Gasteiger partial charge in [0, 0.05) is 31.9 Å². The Morgan fingerprint density at radius 2 is 1.12 bits per heavy atom. The Morgan fingerprint density at radius 3 is 1.59 bits per heavy atom. The van der Waals surface area contributed by atoms with Gasteiger partial charge in [0.2, 0.25) is 5.91 Å². The summed E-state index contributed by atoms with van der Waals surface area (Å²) in [6.07, 6.45) is 8.53. The van der Waals surface area contributed by atoms with Crippen molar-refractivity contribution in [3.05, 3.63) is 11.3 Å². The molecule has 3 rings (SSSR count). The normalized spacial score (nSPS) is 19.8. The lowest BCUT2D eigenvalue weighted by Gasteiger charge is -2.31. The third-order valence-electron chi connectivity index (χ3n) is 9.00. The number of aliphatic hydroxyl groups is 2. The number of nitrogens with zero attached hydrogens (tertiary/aromatic N) is 4. The van der Waals surface area contributed by atoms with E-state index in [1.165, 1.54) is 16.2 Å². The van der Waals surface area contributed by atoms with Crippen LogP contribution in [0.15, 0.2) is 11.3 Å². The molecule has 2 aliphatic heterocycles. The van der Waals surface area contributed by atoms with Crippen LogP contribution in [0, 0.1) is 10.8 Å². The fourth-order valence-corrected chi connectivity index (χ4v) is 6.20. The summed E-state index contributed by atoms with van der Waals surface area (Å²) >= 11 is 0. The average molecular weight is 577 g/mol. The number of likely N-dealkylation sites (N-methyl/N-ethyl adjacent to an activating group) is 2. The van der Waals surface area contributed by atoms with E-state index >= 15 is 0 Å². The highest BCUT2D eigenvalue weighted by molar-refractivity contribution is 6.02. The van der Waals surface area contributed by atoms with Crippen LogP contribution in [0.2, 0.25) is 0 Å². The molecular formula is C32H56N4O5. The van der Waals surface area contributed by atoms with E-state index in [4.69, 9.17) is 0 Å². The molecule has 3 fully saturated rings. The summed E-state index contributed by atoms with van der Waals surface area (Å²) < 4.78 is 0. The third kappa shape index (κ3) is 9.70. The summed E-state index contributed by atoms with van der Waals surface area (Å²) in [5.74, 6) is -0.127. The molecule has 9 heteroatoms. The Bertz CT molecular complexity index is 956. The van der Waals surface area contributed by atoms with Gasteiger partial charge in [-0.25, -0.2) is 9.59 Å². The van der Waals surface area contributed by atoms with Crippen LogP contribution in [-0.2, 0) is 4.79 Å². The second-order valence-corrected chi connectivity index (χ2v) is 14.1. The number of urea groups is 2. The summed E-state index contributed by atoms with van der Waals surface area (Å²) in [4.78, 5) is 44.4. The van der Waals surface area contributed by atoms with E-state index in [0.717, 1.165) is 71.0 Å². The highest BCUT2D eigenvalue weighted by Gasteiger charge is 2.39. The lowest BCUT2D eigenvalue weighted by Crippen LogP contribution is -2.39. The van der Waals surface area contributed by atoms with E-state index in [1.54, 1.807) is 4.90 Å². The Morgan fingerprint density at radius 1 is 0.683 bits per heavy atom. The molecule has 234 valence electrons. The lowest BCUT2D eigenvalue weighted by atomic mass is 9.85. The van der Waals surface area contributed by atoms with Gasteiger partial charge < -0.3 is 20.0 Å². The molecule has 41 heavy (non-hydrogen) atoms. The molecule has 0 bridgehead atoms. The Balaban J connectivity index is 1.28. The first kappa shape index (κ1) is 33.4. The molecule has 1 saturated carbocycles. The number of imide groups is 1. The van der Waals surface area contributed by atoms with Gasteiger partial charge in [0.15, 0.2) is 0 Å². The molecule has 2 unspecified atom stereocenters. The SMILES string of the molecule is CCN1CC(=O)N(CC(C)(C)CCCC(O)CCCC(O)CCCC(C)(C)CN2C(=O)N(CC)CC2=C2CC2)C1=O. The van der Waals surface area contributed by atoms with Crippen LogP contribution in [-0.4, -0.2) is 99.3 Å². The zero-order valence-corrected chi connectivity index (χ0v) is 26.6. The fourth-order valence-electron chi connectivity index (χ4n) is 6.20. The van der Waals surface area contributed by atoms with Crippen LogP contribution < -0.4 is 0 Å². The van der Waals surface area contributed by atoms with Crippen molar-refractivity contribution in [2.45, 2.75) is 124 Å². The maximum atomic E-state index is 12.9. The molecule has 2 heterocycles. The number of carbonyl (C=O) groups excluding carboxylic acids is 3. The quantitative estimate of drug-likeness (QED) is 0.214. The van der Waals surface area contributed by atoms with Crippen molar-refractivity contribution in [3.8, 4) is 0 Å². The molecule has 0 aromatic rings. The molecule has 2 saturated heterocycles. The van der Waals surface area contributed by atoms with E-state index < -0.39 is 6.10 Å². The minimum absolute atomic E-state index is 0.0193. The summed E-state index contributed by atoms with van der Waals surface area (Å²) in [6.45, 7) is 15.8. The molecule has 0 spiro atoms. The Kier molecular flexibility index (Phi) is 11.7. The van der Waals surface area contributed by atoms with Crippen LogP contribution in [0.25, 0.3) is 0 Å². The van der Waals surface area contributed by atoms with E-state index in [-0.39, 0.29) is 41.4 Å². The van der Waals surface area contributed by atoms with Crippen LogP contribution in [0.4, 0.5) is 9.59 Å². The molecule has 9 nitrogen and oxygen atoms in total. The van der Waals surface area contributed by atoms with Gasteiger partial charge >= 0.3 is 12.1 Å². The van der Waals surface area contributed by atoms with Gasteiger partial charge in [-0.3, -0.25) is 14.6 Å². The summed E-state index contributed by atoms with van der Waals surface area (Å²) in [7, 11) is 0. The number of aliphatic hydroxyl groups excluding tert-OH is 2. The predicted octanol–water partition coefficient (Wildman–Crippen LogP) is 5.36. The molecular weight excluding hydrogens is 520 g/mol. The van der Waals surface area contributed by atoms with Crippen molar-refractivity contribution in [2.75, 3.05) is 39.3 Å². The van der Waals surface area contributed by atoms with Crippen molar-refractivity contribution in [1.29, 1.82) is 0 Å². The van der Waals surface area contributed by atoms with Crippen LogP contribution in [0.5, 0.6) is 0 Å².